The zero-order valence-corrected chi connectivity index (χ0v) is 17.0. The maximum Gasteiger partial charge on any atom is 0.249 e. The fourth-order valence-electron chi connectivity index (χ4n) is 3.39. The molecule has 0 N–H and O–H groups in total. The third-order valence-corrected chi connectivity index (χ3v) is 4.97. The molecule has 1 aliphatic heterocycles. The molecule has 0 saturated carbocycles. The van der Waals surface area contributed by atoms with E-state index in [1.54, 1.807) is 31.2 Å². The first kappa shape index (κ1) is 20.5. The molecule has 2 amide bonds. The van der Waals surface area contributed by atoms with E-state index in [-0.39, 0.29) is 11.8 Å². The van der Waals surface area contributed by atoms with Gasteiger partial charge in [0.05, 0.1) is 13.7 Å². The number of carbonyl (C=O) groups excluding carboxylic acids is 2. The van der Waals surface area contributed by atoms with Gasteiger partial charge in [-0.05, 0) is 49.2 Å². The maximum absolute atomic E-state index is 12.8. The van der Waals surface area contributed by atoms with Crippen LogP contribution < -0.4 is 14.4 Å². The molecule has 0 radical (unpaired) electrons. The Bertz CT molecular complexity index is 895. The summed E-state index contributed by atoms with van der Waals surface area (Å²) in [5, 5.41) is 0. The molecule has 6 nitrogen and oxygen atoms in total. The average Bonchev–Trinajstić information content (AvgIpc) is 3.13. The highest BCUT2D eigenvalue weighted by atomic mass is 16.5. The van der Waals surface area contributed by atoms with Crippen molar-refractivity contribution in [3.63, 3.8) is 0 Å². The lowest BCUT2D eigenvalue weighted by Gasteiger charge is -2.23. The summed E-state index contributed by atoms with van der Waals surface area (Å²) in [6.07, 6.45) is 3.81. The van der Waals surface area contributed by atoms with E-state index in [4.69, 9.17) is 9.47 Å². The molecular weight excluding hydrogens is 368 g/mol. The third kappa shape index (κ3) is 4.59. The van der Waals surface area contributed by atoms with Crippen molar-refractivity contribution in [3.05, 3.63) is 60.2 Å². The number of likely N-dealkylation sites (N-methyl/N-ethyl adjacent to an activating group) is 1. The highest BCUT2D eigenvalue weighted by Gasteiger charge is 2.36. The van der Waals surface area contributed by atoms with Gasteiger partial charge in [0.1, 0.15) is 6.04 Å². The minimum atomic E-state index is -0.456. The minimum absolute atomic E-state index is 0.0523. The monoisotopic (exact) mass is 394 g/mol. The molecule has 2 aromatic rings. The number of benzene rings is 2. The van der Waals surface area contributed by atoms with Crippen molar-refractivity contribution < 1.29 is 19.1 Å². The second kappa shape index (κ2) is 9.28. The summed E-state index contributed by atoms with van der Waals surface area (Å²) in [4.78, 5) is 28.7. The molecule has 0 aliphatic carbocycles. The van der Waals surface area contributed by atoms with Gasteiger partial charge in [0.2, 0.25) is 11.8 Å². The first-order chi connectivity index (χ1) is 14.0. The quantitative estimate of drug-likeness (QED) is 0.676. The van der Waals surface area contributed by atoms with E-state index in [0.29, 0.717) is 31.1 Å². The molecule has 1 fully saturated rings. The van der Waals surface area contributed by atoms with Crippen molar-refractivity contribution in [3.8, 4) is 11.5 Å². The van der Waals surface area contributed by atoms with Gasteiger partial charge < -0.3 is 19.3 Å². The van der Waals surface area contributed by atoms with Crippen LogP contribution in [0, 0.1) is 0 Å². The molecule has 6 heteroatoms. The Kier molecular flexibility index (Phi) is 6.54. The van der Waals surface area contributed by atoms with Crippen molar-refractivity contribution in [1.82, 2.24) is 4.90 Å². The van der Waals surface area contributed by atoms with E-state index in [2.05, 4.69) is 0 Å². The Hall–Kier alpha value is -3.28. The Labute approximate surface area is 171 Å². The van der Waals surface area contributed by atoms with Gasteiger partial charge in [-0.25, -0.2) is 0 Å². The normalized spacial score (nSPS) is 16.3. The van der Waals surface area contributed by atoms with Crippen LogP contribution in [0.15, 0.2) is 54.6 Å². The molecule has 0 spiro atoms. The predicted molar refractivity (Wildman–Crippen MR) is 113 cm³/mol. The molecule has 29 heavy (non-hydrogen) atoms. The second-order valence-corrected chi connectivity index (χ2v) is 6.76. The highest BCUT2D eigenvalue weighted by Crippen LogP contribution is 2.29. The Morgan fingerprint density at radius 3 is 2.66 bits per heavy atom. The van der Waals surface area contributed by atoms with Crippen molar-refractivity contribution >= 4 is 23.6 Å². The van der Waals surface area contributed by atoms with Crippen molar-refractivity contribution in [2.75, 3.05) is 32.2 Å². The number of amides is 2. The number of rotatable bonds is 7. The lowest BCUT2D eigenvalue weighted by atomic mass is 10.1. The van der Waals surface area contributed by atoms with Crippen LogP contribution in [0.1, 0.15) is 18.9 Å². The second-order valence-electron chi connectivity index (χ2n) is 6.76. The largest absolute Gasteiger partial charge is 0.493 e. The molecule has 1 heterocycles. The molecule has 1 atom stereocenters. The van der Waals surface area contributed by atoms with Gasteiger partial charge in [-0.3, -0.25) is 9.59 Å². The van der Waals surface area contributed by atoms with Gasteiger partial charge >= 0.3 is 0 Å². The standard InChI is InChI=1S/C23H26N2O4/c1-4-29-21-16-17(10-12-20(21)28-3)11-13-22(26)24(2)19-14-15-25(23(19)27)18-8-6-5-7-9-18/h5-13,16,19H,4,14-15H2,1-3H3/b13-11+. The number of ether oxygens (including phenoxy) is 2. The number of carbonyl (C=O) groups is 2. The predicted octanol–water partition coefficient (Wildman–Crippen LogP) is 3.37. The number of anilines is 1. The summed E-state index contributed by atoms with van der Waals surface area (Å²) < 4.78 is 10.8. The summed E-state index contributed by atoms with van der Waals surface area (Å²) in [5.41, 5.74) is 1.68. The van der Waals surface area contributed by atoms with E-state index in [1.807, 2.05) is 49.4 Å². The smallest absolute Gasteiger partial charge is 0.249 e. The zero-order chi connectivity index (χ0) is 20.8. The van der Waals surface area contributed by atoms with E-state index in [9.17, 15) is 9.59 Å². The zero-order valence-electron chi connectivity index (χ0n) is 17.0. The van der Waals surface area contributed by atoms with Gasteiger partial charge in [0, 0.05) is 25.4 Å². The maximum atomic E-state index is 12.8. The lowest BCUT2D eigenvalue weighted by Crippen LogP contribution is -2.42. The molecule has 152 valence electrons. The van der Waals surface area contributed by atoms with Crippen molar-refractivity contribution in [1.29, 1.82) is 0 Å². The summed E-state index contributed by atoms with van der Waals surface area (Å²) in [7, 11) is 3.26. The molecule has 0 aromatic heterocycles. The van der Waals surface area contributed by atoms with Gasteiger partial charge in [0.25, 0.3) is 0 Å². The van der Waals surface area contributed by atoms with Crippen molar-refractivity contribution in [2.45, 2.75) is 19.4 Å². The first-order valence-corrected chi connectivity index (χ1v) is 9.67. The topological polar surface area (TPSA) is 59.1 Å². The van der Waals surface area contributed by atoms with Gasteiger partial charge in [-0.2, -0.15) is 0 Å². The van der Waals surface area contributed by atoms with Crippen LogP contribution in [-0.4, -0.2) is 50.1 Å². The number of hydrogen-bond donors (Lipinski definition) is 0. The molecular formula is C23H26N2O4. The SMILES string of the molecule is CCOc1cc(/C=C/C(=O)N(C)C2CCN(c3ccccc3)C2=O)ccc1OC. The van der Waals surface area contributed by atoms with Crippen LogP contribution in [0.4, 0.5) is 5.69 Å². The lowest BCUT2D eigenvalue weighted by molar-refractivity contribution is -0.132. The van der Waals surface area contributed by atoms with Gasteiger partial charge in [-0.15, -0.1) is 0 Å². The van der Waals surface area contributed by atoms with Crippen LogP contribution >= 0.6 is 0 Å². The molecule has 1 saturated heterocycles. The fraction of sp³-hybridized carbons (Fsp3) is 0.304. The fourth-order valence-corrected chi connectivity index (χ4v) is 3.39. The van der Waals surface area contributed by atoms with Crippen molar-refractivity contribution in [2.24, 2.45) is 0 Å². The minimum Gasteiger partial charge on any atom is -0.493 e. The number of nitrogens with zero attached hydrogens (tertiary/aromatic N) is 2. The number of para-hydroxylation sites is 1. The van der Waals surface area contributed by atoms with E-state index >= 15 is 0 Å². The third-order valence-electron chi connectivity index (χ3n) is 4.97. The Balaban J connectivity index is 1.68. The highest BCUT2D eigenvalue weighted by molar-refractivity contribution is 6.03. The molecule has 1 aliphatic rings. The van der Waals surface area contributed by atoms with Gasteiger partial charge in [0.15, 0.2) is 11.5 Å². The molecule has 3 rings (SSSR count). The first-order valence-electron chi connectivity index (χ1n) is 9.67. The Morgan fingerprint density at radius 1 is 1.21 bits per heavy atom. The van der Waals surface area contributed by atoms with Crippen LogP contribution in [-0.2, 0) is 9.59 Å². The summed E-state index contributed by atoms with van der Waals surface area (Å²) >= 11 is 0. The molecule has 0 bridgehead atoms. The van der Waals surface area contributed by atoms with Crippen LogP contribution in [0.5, 0.6) is 11.5 Å². The number of methoxy groups -OCH3 is 1. The molecule has 2 aromatic carbocycles. The number of hydrogen-bond acceptors (Lipinski definition) is 4. The summed E-state index contributed by atoms with van der Waals surface area (Å²) in [6.45, 7) is 3.02. The van der Waals surface area contributed by atoms with Gasteiger partial charge in [-0.1, -0.05) is 24.3 Å². The van der Waals surface area contributed by atoms with Crippen LogP contribution in [0.25, 0.3) is 6.08 Å². The molecule has 1 unspecified atom stereocenters. The summed E-state index contributed by atoms with van der Waals surface area (Å²) in [6, 6.07) is 14.5. The average molecular weight is 394 g/mol. The van der Waals surface area contributed by atoms with Crippen LogP contribution in [0.2, 0.25) is 0 Å². The van der Waals surface area contributed by atoms with E-state index < -0.39 is 6.04 Å². The Morgan fingerprint density at radius 2 is 1.97 bits per heavy atom. The van der Waals surface area contributed by atoms with E-state index in [0.717, 1.165) is 11.3 Å². The van der Waals surface area contributed by atoms with E-state index in [1.165, 1.54) is 11.0 Å². The summed E-state index contributed by atoms with van der Waals surface area (Å²) in [5.74, 6) is 1.00. The van der Waals surface area contributed by atoms with Crippen LogP contribution in [0.3, 0.4) is 0 Å².